The normalized spacial score (nSPS) is 21.4. The van der Waals surface area contributed by atoms with Crippen LogP contribution in [0.15, 0.2) is 54.7 Å². The number of ketones is 1. The molecule has 6 rings (SSSR count). The molecule has 0 aliphatic carbocycles. The van der Waals surface area contributed by atoms with E-state index in [4.69, 9.17) is 4.74 Å². The van der Waals surface area contributed by atoms with Gasteiger partial charge in [-0.25, -0.2) is 14.4 Å². The number of H-pyrrole nitrogens is 1. The van der Waals surface area contributed by atoms with Crippen molar-refractivity contribution < 1.29 is 18.7 Å². The van der Waals surface area contributed by atoms with Crippen LogP contribution < -0.4 is 4.74 Å². The van der Waals surface area contributed by atoms with Crippen LogP contribution in [0.5, 0.6) is 5.75 Å². The predicted octanol–water partition coefficient (Wildman–Crippen LogP) is 5.97. The largest absolute Gasteiger partial charge is 0.493 e. The van der Waals surface area contributed by atoms with Crippen LogP contribution >= 0.6 is 0 Å². The molecule has 0 saturated carbocycles. The number of piperidine rings is 1. The van der Waals surface area contributed by atoms with E-state index in [-0.39, 0.29) is 35.8 Å². The molecule has 3 atom stereocenters. The number of likely N-dealkylation sites (tertiary alicyclic amines) is 1. The van der Waals surface area contributed by atoms with Crippen LogP contribution in [0.2, 0.25) is 0 Å². The maximum Gasteiger partial charge on any atom is 0.223 e. The molecular weight excluding hydrogens is 507 g/mol. The van der Waals surface area contributed by atoms with E-state index in [1.807, 2.05) is 19.2 Å². The SMILES string of the molecule is Cc1nc2ncc(-c3ccc4c(c3)CC(C)C(CC(=O)N3CCC(=O)CC3c3cccc(F)c3)CCO4)cc2[nH]1. The van der Waals surface area contributed by atoms with E-state index >= 15 is 0 Å². The van der Waals surface area contributed by atoms with Crippen molar-refractivity contribution in [2.45, 2.75) is 52.0 Å². The Hall–Kier alpha value is -4.07. The zero-order valence-corrected chi connectivity index (χ0v) is 22.8. The summed E-state index contributed by atoms with van der Waals surface area (Å²) in [6.07, 6.45) is 4.34. The lowest BCUT2D eigenvalue weighted by Crippen LogP contribution is -2.42. The second-order valence-electron chi connectivity index (χ2n) is 11.2. The molecule has 0 spiro atoms. The quantitative estimate of drug-likeness (QED) is 0.344. The Morgan fingerprint density at radius 2 is 2.02 bits per heavy atom. The molecule has 2 aromatic heterocycles. The molecule has 2 aromatic carbocycles. The highest BCUT2D eigenvalue weighted by Gasteiger charge is 2.34. The van der Waals surface area contributed by atoms with Gasteiger partial charge in [0.05, 0.1) is 18.2 Å². The van der Waals surface area contributed by atoms with Crippen LogP contribution in [-0.2, 0) is 16.0 Å². The molecule has 1 amide bonds. The number of halogens is 1. The number of hydrogen-bond acceptors (Lipinski definition) is 5. The maximum absolute atomic E-state index is 14.0. The number of carbonyl (C=O) groups excluding carboxylic acids is 2. The average Bonchev–Trinajstić information content (AvgIpc) is 3.31. The minimum Gasteiger partial charge on any atom is -0.493 e. The molecule has 206 valence electrons. The van der Waals surface area contributed by atoms with Gasteiger partial charge >= 0.3 is 0 Å². The number of benzene rings is 2. The van der Waals surface area contributed by atoms with Crippen molar-refractivity contribution in [3.63, 3.8) is 0 Å². The first-order chi connectivity index (χ1) is 19.3. The average molecular weight is 541 g/mol. The van der Waals surface area contributed by atoms with E-state index in [9.17, 15) is 14.0 Å². The number of nitrogens with zero attached hydrogens (tertiary/aromatic N) is 3. The summed E-state index contributed by atoms with van der Waals surface area (Å²) in [6.45, 7) is 5.02. The van der Waals surface area contributed by atoms with Crippen LogP contribution in [0, 0.1) is 24.6 Å². The molecule has 1 fully saturated rings. The Morgan fingerprint density at radius 3 is 2.88 bits per heavy atom. The molecule has 4 heterocycles. The highest BCUT2D eigenvalue weighted by atomic mass is 19.1. The standard InChI is InChI=1S/C32H33FN4O3/c1-19-12-24-13-22(25-15-28-32(34-18-25)36-20(2)35-28)6-7-30(24)40-11-9-21(19)16-31(39)37-10-8-27(38)17-29(37)23-4-3-5-26(33)14-23/h3-7,13-15,18-19,21,29H,8-12,16-17H2,1-2H3,(H,34,35,36). The molecule has 0 bridgehead atoms. The molecule has 8 heteroatoms. The number of amides is 1. The summed E-state index contributed by atoms with van der Waals surface area (Å²) in [7, 11) is 0. The molecule has 4 aromatic rings. The Kier molecular flexibility index (Phi) is 7.09. The monoisotopic (exact) mass is 540 g/mol. The molecule has 2 aliphatic rings. The number of nitrogens with one attached hydrogen (secondary N) is 1. The number of aromatic amines is 1. The van der Waals surface area contributed by atoms with Gasteiger partial charge in [0, 0.05) is 37.6 Å². The van der Waals surface area contributed by atoms with Crippen LogP contribution in [0.25, 0.3) is 22.3 Å². The highest BCUT2D eigenvalue weighted by Crippen LogP contribution is 2.36. The third-order valence-corrected chi connectivity index (χ3v) is 8.36. The number of imidazole rings is 1. The zero-order chi connectivity index (χ0) is 27.8. The number of rotatable bonds is 4. The number of aromatic nitrogens is 3. The minimum atomic E-state index is -0.419. The maximum atomic E-state index is 14.0. The van der Waals surface area contributed by atoms with Crippen molar-refractivity contribution in [1.29, 1.82) is 0 Å². The fourth-order valence-electron chi connectivity index (χ4n) is 6.14. The van der Waals surface area contributed by atoms with Crippen LogP contribution in [0.4, 0.5) is 4.39 Å². The van der Waals surface area contributed by atoms with Crippen LogP contribution in [0.1, 0.15) is 55.6 Å². The first-order valence-corrected chi connectivity index (χ1v) is 14.0. The third kappa shape index (κ3) is 5.35. The summed E-state index contributed by atoms with van der Waals surface area (Å²) < 4.78 is 20.1. The molecule has 1 saturated heterocycles. The van der Waals surface area contributed by atoms with Gasteiger partial charge in [-0.05, 0) is 78.6 Å². The second kappa shape index (κ2) is 10.8. The molecular formula is C32H33FN4O3. The molecule has 3 unspecified atom stereocenters. The van der Waals surface area contributed by atoms with E-state index in [0.29, 0.717) is 37.2 Å². The van der Waals surface area contributed by atoms with Crippen molar-refractivity contribution in [1.82, 2.24) is 19.9 Å². The van der Waals surface area contributed by atoms with Crippen LogP contribution in [-0.4, -0.2) is 44.7 Å². The molecule has 1 N–H and O–H groups in total. The van der Waals surface area contributed by atoms with Crippen molar-refractivity contribution in [3.8, 4) is 16.9 Å². The highest BCUT2D eigenvalue weighted by molar-refractivity contribution is 5.84. The smallest absolute Gasteiger partial charge is 0.223 e. The van der Waals surface area contributed by atoms with Gasteiger partial charge in [0.25, 0.3) is 0 Å². The fourth-order valence-corrected chi connectivity index (χ4v) is 6.14. The lowest BCUT2D eigenvalue weighted by molar-refractivity contribution is -0.139. The Balaban J connectivity index is 1.20. The predicted molar refractivity (Wildman–Crippen MR) is 150 cm³/mol. The number of fused-ring (bicyclic) bond motifs is 2. The fraction of sp³-hybridized carbons (Fsp3) is 0.375. The van der Waals surface area contributed by atoms with Gasteiger partial charge in [0.2, 0.25) is 5.91 Å². The Labute approximate surface area is 232 Å². The topological polar surface area (TPSA) is 88.2 Å². The van der Waals surface area contributed by atoms with Gasteiger partial charge in [0.1, 0.15) is 23.2 Å². The Bertz CT molecular complexity index is 1580. The van der Waals surface area contributed by atoms with E-state index in [1.165, 1.54) is 12.1 Å². The van der Waals surface area contributed by atoms with E-state index < -0.39 is 6.04 Å². The van der Waals surface area contributed by atoms with Gasteiger partial charge < -0.3 is 14.6 Å². The van der Waals surface area contributed by atoms with Gasteiger partial charge in [-0.15, -0.1) is 0 Å². The summed E-state index contributed by atoms with van der Waals surface area (Å²) >= 11 is 0. The first-order valence-electron chi connectivity index (χ1n) is 14.0. The van der Waals surface area contributed by atoms with Gasteiger partial charge in [-0.1, -0.05) is 25.1 Å². The van der Waals surface area contributed by atoms with Crippen molar-refractivity contribution in [2.75, 3.05) is 13.2 Å². The molecule has 0 radical (unpaired) electrons. The summed E-state index contributed by atoms with van der Waals surface area (Å²) in [5.74, 6) is 1.85. The van der Waals surface area contributed by atoms with Crippen molar-refractivity contribution in [2.24, 2.45) is 11.8 Å². The number of carbonyl (C=O) groups is 2. The number of ether oxygens (including phenoxy) is 1. The van der Waals surface area contributed by atoms with Crippen LogP contribution in [0.3, 0.4) is 0 Å². The van der Waals surface area contributed by atoms with Gasteiger partial charge in [0.15, 0.2) is 5.65 Å². The van der Waals surface area contributed by atoms with Gasteiger partial charge in [-0.3, -0.25) is 9.59 Å². The van der Waals surface area contributed by atoms with E-state index in [2.05, 4.69) is 40.1 Å². The number of Topliss-reactive ketones (excluding diaryl/α,β-unsaturated/α-hetero) is 1. The summed E-state index contributed by atoms with van der Waals surface area (Å²) in [4.78, 5) is 39.9. The lowest BCUT2D eigenvalue weighted by Gasteiger charge is -2.37. The summed E-state index contributed by atoms with van der Waals surface area (Å²) in [6, 6.07) is 14.2. The minimum absolute atomic E-state index is 0.0161. The summed E-state index contributed by atoms with van der Waals surface area (Å²) in [5, 5.41) is 0. The van der Waals surface area contributed by atoms with Crippen molar-refractivity contribution >= 4 is 22.9 Å². The Morgan fingerprint density at radius 1 is 1.15 bits per heavy atom. The van der Waals surface area contributed by atoms with E-state index in [1.54, 1.807) is 17.0 Å². The molecule has 2 aliphatic heterocycles. The lowest BCUT2D eigenvalue weighted by atomic mass is 9.82. The first kappa shape index (κ1) is 26.2. The summed E-state index contributed by atoms with van der Waals surface area (Å²) in [5.41, 5.74) is 5.46. The number of hydrogen-bond donors (Lipinski definition) is 1. The third-order valence-electron chi connectivity index (χ3n) is 8.36. The number of aryl methyl sites for hydroxylation is 1. The second-order valence-corrected chi connectivity index (χ2v) is 11.2. The van der Waals surface area contributed by atoms with E-state index in [0.717, 1.165) is 46.6 Å². The molecule has 40 heavy (non-hydrogen) atoms. The zero-order valence-electron chi connectivity index (χ0n) is 22.8. The van der Waals surface area contributed by atoms with Gasteiger partial charge in [-0.2, -0.15) is 0 Å². The number of pyridine rings is 1. The molecule has 7 nitrogen and oxygen atoms in total. The van der Waals surface area contributed by atoms with Crippen molar-refractivity contribution in [3.05, 3.63) is 77.5 Å².